The Morgan fingerprint density at radius 3 is 1.49 bits per heavy atom. The highest BCUT2D eigenvalue weighted by atomic mass is 31.2. The molecule has 8 nitrogen and oxygen atoms in total. The van der Waals surface area contributed by atoms with Crippen LogP contribution in [-0.4, -0.2) is 75.6 Å². The maximum Gasteiger partial charge on any atom is 0.472 e. The smallest absolute Gasteiger partial charge is 0.457 e. The number of ether oxygens (including phenoxy) is 2. The maximum atomic E-state index is 12.7. The van der Waals surface area contributed by atoms with Crippen LogP contribution >= 0.6 is 7.82 Å². The van der Waals surface area contributed by atoms with E-state index in [-0.39, 0.29) is 32.2 Å². The number of carbonyl (C=O) groups excluding carboxylic acids is 1. The second kappa shape index (κ2) is 39.3. The maximum absolute atomic E-state index is 12.7. The van der Waals surface area contributed by atoms with E-state index in [0.29, 0.717) is 24.1 Å². The normalized spacial score (nSPS) is 14.2. The molecule has 0 aromatic rings. The molecule has 0 aliphatic carbocycles. The predicted molar refractivity (Wildman–Crippen MR) is 233 cm³/mol. The van der Waals surface area contributed by atoms with E-state index in [0.717, 1.165) is 38.5 Å². The molecule has 0 spiro atoms. The minimum Gasteiger partial charge on any atom is -0.457 e. The Balaban J connectivity index is 4.32. The molecule has 0 aliphatic rings. The Kier molecular flexibility index (Phi) is 38.2. The first kappa shape index (κ1) is 53.5. The Morgan fingerprint density at radius 1 is 0.564 bits per heavy atom. The molecule has 9 heteroatoms. The molecule has 0 aromatic heterocycles. The number of rotatable bonds is 41. The average molecular weight is 797 g/mol. The number of phosphoric acid groups is 1. The van der Waals surface area contributed by atoms with Gasteiger partial charge in [-0.25, -0.2) is 4.57 Å². The van der Waals surface area contributed by atoms with Crippen molar-refractivity contribution in [1.82, 2.24) is 0 Å². The predicted octanol–water partition coefficient (Wildman–Crippen LogP) is 13.2. The van der Waals surface area contributed by atoms with Crippen molar-refractivity contribution in [3.8, 4) is 0 Å². The summed E-state index contributed by atoms with van der Waals surface area (Å²) in [7, 11) is 1.63. The van der Waals surface area contributed by atoms with E-state index in [9.17, 15) is 14.3 Å². The summed E-state index contributed by atoms with van der Waals surface area (Å²) in [4.78, 5) is 22.9. The number of unbranched alkanes of at least 4 members (excludes halogenated alkanes) is 19. The zero-order valence-electron chi connectivity index (χ0n) is 36.4. The Morgan fingerprint density at radius 2 is 1.00 bits per heavy atom. The highest BCUT2D eigenvalue weighted by Crippen LogP contribution is 2.43. The van der Waals surface area contributed by atoms with Gasteiger partial charge in [0.15, 0.2) is 0 Å². The van der Waals surface area contributed by atoms with Crippen molar-refractivity contribution in [3.63, 3.8) is 0 Å². The second-order valence-corrected chi connectivity index (χ2v) is 17.5. The van der Waals surface area contributed by atoms with E-state index in [1.165, 1.54) is 116 Å². The fourth-order valence-corrected chi connectivity index (χ4v) is 6.64. The van der Waals surface area contributed by atoms with Crippen molar-refractivity contribution >= 4 is 13.8 Å². The summed E-state index contributed by atoms with van der Waals surface area (Å²) in [5.74, 6) is -0.366. The summed E-state index contributed by atoms with van der Waals surface area (Å²) >= 11 is 0. The molecule has 55 heavy (non-hydrogen) atoms. The quantitative estimate of drug-likeness (QED) is 0.0217. The number of phosphoric ester groups is 1. The lowest BCUT2D eigenvalue weighted by molar-refractivity contribution is -0.870. The number of hydrogen-bond acceptors (Lipinski definition) is 6. The Hall–Kier alpha value is -1.54. The number of quaternary nitrogens is 1. The third kappa shape index (κ3) is 43.4. The number of likely N-dealkylation sites (N-methyl/N-ethyl adjacent to an activating group) is 1. The van der Waals surface area contributed by atoms with Crippen LogP contribution in [0.2, 0.25) is 0 Å². The van der Waals surface area contributed by atoms with Crippen LogP contribution < -0.4 is 0 Å². The van der Waals surface area contributed by atoms with Gasteiger partial charge >= 0.3 is 13.8 Å². The van der Waals surface area contributed by atoms with Gasteiger partial charge in [-0.05, 0) is 51.4 Å². The van der Waals surface area contributed by atoms with Crippen molar-refractivity contribution in [1.29, 1.82) is 0 Å². The Labute approximate surface area is 339 Å². The molecular weight excluding hydrogens is 709 g/mol. The van der Waals surface area contributed by atoms with Crippen LogP contribution in [0.15, 0.2) is 48.6 Å². The molecule has 0 heterocycles. The molecule has 0 saturated heterocycles. The molecule has 0 amide bonds. The minimum absolute atomic E-state index is 0.0783. The molecule has 0 rings (SSSR count). The van der Waals surface area contributed by atoms with Gasteiger partial charge in [-0.3, -0.25) is 13.8 Å². The van der Waals surface area contributed by atoms with Crippen LogP contribution in [0.1, 0.15) is 181 Å². The third-order valence-electron chi connectivity index (χ3n) is 9.39. The molecule has 2 atom stereocenters. The molecular formula is C46H87NO7P+. The van der Waals surface area contributed by atoms with Gasteiger partial charge in [-0.15, -0.1) is 0 Å². The average Bonchev–Trinajstić information content (AvgIpc) is 3.13. The van der Waals surface area contributed by atoms with E-state index in [1.807, 2.05) is 21.1 Å². The lowest BCUT2D eigenvalue weighted by atomic mass is 10.0. The van der Waals surface area contributed by atoms with Crippen LogP contribution in [0.3, 0.4) is 0 Å². The molecule has 0 bridgehead atoms. The zero-order chi connectivity index (χ0) is 40.6. The second-order valence-electron chi connectivity index (χ2n) is 16.1. The molecule has 0 saturated carbocycles. The first-order valence-corrected chi connectivity index (χ1v) is 23.9. The summed E-state index contributed by atoms with van der Waals surface area (Å²) in [6, 6.07) is 0. The molecule has 1 N–H and O–H groups in total. The standard InChI is InChI=1S/C46H86NO7P/c1-6-8-10-12-14-16-18-20-22-24-25-27-29-31-33-35-37-39-46(48)54-45(44-53-55(49,50)52-42-40-47(3,4)5)43-51-41-38-36-34-32-30-28-26-23-21-19-17-15-13-11-9-7-2/h14,16,20,22,25,27,31,33,45H,6-13,15,17-19,21,23-24,26,28-30,32,34-44H2,1-5H3/p+1/b16-14+,22-20+,27-25+,33-31+. The monoisotopic (exact) mass is 797 g/mol. The molecule has 0 aromatic carbocycles. The molecule has 322 valence electrons. The van der Waals surface area contributed by atoms with Gasteiger partial charge in [-0.2, -0.15) is 0 Å². The number of esters is 1. The van der Waals surface area contributed by atoms with Gasteiger partial charge < -0.3 is 18.9 Å². The lowest BCUT2D eigenvalue weighted by Gasteiger charge is -2.24. The van der Waals surface area contributed by atoms with Gasteiger partial charge in [0.1, 0.15) is 19.3 Å². The lowest BCUT2D eigenvalue weighted by Crippen LogP contribution is -2.37. The number of carbonyl (C=O) groups is 1. The number of nitrogens with zero attached hydrogens (tertiary/aromatic N) is 1. The van der Waals surface area contributed by atoms with Crippen LogP contribution in [0.25, 0.3) is 0 Å². The van der Waals surface area contributed by atoms with Crippen molar-refractivity contribution in [2.75, 3.05) is 54.1 Å². The van der Waals surface area contributed by atoms with Crippen molar-refractivity contribution < 1.29 is 37.3 Å². The van der Waals surface area contributed by atoms with Gasteiger partial charge in [0.05, 0.1) is 34.4 Å². The van der Waals surface area contributed by atoms with E-state index < -0.39 is 13.9 Å². The third-order valence-corrected chi connectivity index (χ3v) is 10.4. The van der Waals surface area contributed by atoms with Crippen LogP contribution in [0.4, 0.5) is 0 Å². The van der Waals surface area contributed by atoms with E-state index in [2.05, 4.69) is 62.5 Å². The van der Waals surface area contributed by atoms with Gasteiger partial charge in [-0.1, -0.05) is 172 Å². The van der Waals surface area contributed by atoms with Gasteiger partial charge in [0.25, 0.3) is 0 Å². The van der Waals surface area contributed by atoms with Crippen LogP contribution in [0.5, 0.6) is 0 Å². The zero-order valence-corrected chi connectivity index (χ0v) is 37.3. The summed E-state index contributed by atoms with van der Waals surface area (Å²) in [5, 5.41) is 0. The summed E-state index contributed by atoms with van der Waals surface area (Å²) in [6.45, 7) is 5.53. The topological polar surface area (TPSA) is 91.3 Å². The van der Waals surface area contributed by atoms with Crippen molar-refractivity contribution in [2.24, 2.45) is 0 Å². The number of hydrogen-bond donors (Lipinski definition) is 1. The largest absolute Gasteiger partial charge is 0.472 e. The van der Waals surface area contributed by atoms with E-state index >= 15 is 0 Å². The van der Waals surface area contributed by atoms with Crippen molar-refractivity contribution in [3.05, 3.63) is 48.6 Å². The highest BCUT2D eigenvalue weighted by Gasteiger charge is 2.26. The van der Waals surface area contributed by atoms with Gasteiger partial charge in [0.2, 0.25) is 0 Å². The first-order chi connectivity index (χ1) is 26.6. The van der Waals surface area contributed by atoms with Crippen molar-refractivity contribution in [2.45, 2.75) is 187 Å². The fourth-order valence-electron chi connectivity index (χ4n) is 5.90. The SMILES string of the molecule is CCCCC/C=C/C/C=C/C/C=C/C/C=C/CCCC(=O)OC(COCCCCCCCCCCCCCCCCCC)COP(=O)(O)OCC[N+](C)(C)C. The minimum atomic E-state index is -4.29. The Bertz CT molecular complexity index is 1020. The van der Waals surface area contributed by atoms with Crippen LogP contribution in [-0.2, 0) is 27.9 Å². The van der Waals surface area contributed by atoms with E-state index in [4.69, 9.17) is 18.5 Å². The van der Waals surface area contributed by atoms with Crippen LogP contribution in [0, 0.1) is 0 Å². The van der Waals surface area contributed by atoms with E-state index in [1.54, 1.807) is 0 Å². The molecule has 0 aliphatic heterocycles. The summed E-state index contributed by atoms with van der Waals surface area (Å²) in [6.07, 6.45) is 47.2. The molecule has 2 unspecified atom stereocenters. The molecule has 0 radical (unpaired) electrons. The molecule has 0 fully saturated rings. The number of allylic oxidation sites excluding steroid dienone is 8. The summed E-state index contributed by atoms with van der Waals surface area (Å²) in [5.41, 5.74) is 0. The first-order valence-electron chi connectivity index (χ1n) is 22.4. The van der Waals surface area contributed by atoms with Gasteiger partial charge in [0, 0.05) is 13.0 Å². The fraction of sp³-hybridized carbons (Fsp3) is 0.804. The summed E-state index contributed by atoms with van der Waals surface area (Å²) < 4.78 is 34.9. The highest BCUT2D eigenvalue weighted by molar-refractivity contribution is 7.47.